The Kier molecular flexibility index (Phi) is 5.81. The van der Waals surface area contributed by atoms with E-state index in [-0.39, 0.29) is 5.91 Å². The van der Waals surface area contributed by atoms with Gasteiger partial charge in [0.15, 0.2) is 0 Å². The molecular weight excluding hydrogens is 200 g/mol. The zero-order valence-corrected chi connectivity index (χ0v) is 11.0. The molecule has 0 bridgehead atoms. The van der Waals surface area contributed by atoms with E-state index in [4.69, 9.17) is 0 Å². The molecule has 1 atom stereocenters. The maximum absolute atomic E-state index is 11.5. The van der Waals surface area contributed by atoms with Crippen molar-refractivity contribution in [3.05, 3.63) is 0 Å². The summed E-state index contributed by atoms with van der Waals surface area (Å²) in [5.41, 5.74) is 0. The Balaban J connectivity index is 2.02. The third-order valence-electron chi connectivity index (χ3n) is 3.26. The molecule has 1 rings (SSSR count). The van der Waals surface area contributed by atoms with Crippen LogP contribution in [0, 0.1) is 11.8 Å². The Morgan fingerprint density at radius 1 is 1.50 bits per heavy atom. The van der Waals surface area contributed by atoms with Crippen LogP contribution in [-0.4, -0.2) is 37.5 Å². The number of likely N-dealkylation sites (tertiary alicyclic amines) is 1. The molecule has 1 fully saturated rings. The second-order valence-corrected chi connectivity index (χ2v) is 5.51. The number of rotatable bonds is 6. The molecule has 1 amide bonds. The van der Waals surface area contributed by atoms with E-state index >= 15 is 0 Å². The number of hydrogen-bond donors (Lipinski definition) is 1. The van der Waals surface area contributed by atoms with Crippen LogP contribution in [0.2, 0.25) is 0 Å². The first kappa shape index (κ1) is 13.5. The number of amides is 1. The van der Waals surface area contributed by atoms with E-state index in [1.54, 1.807) is 0 Å². The molecule has 0 spiro atoms. The molecule has 16 heavy (non-hydrogen) atoms. The summed E-state index contributed by atoms with van der Waals surface area (Å²) in [6.45, 7) is 7.57. The minimum atomic E-state index is 0.232. The molecule has 1 aliphatic heterocycles. The highest BCUT2D eigenvalue weighted by Crippen LogP contribution is 2.13. The molecule has 94 valence electrons. The largest absolute Gasteiger partial charge is 0.356 e. The molecule has 1 aliphatic rings. The van der Waals surface area contributed by atoms with Crippen LogP contribution in [0.25, 0.3) is 0 Å². The van der Waals surface area contributed by atoms with E-state index in [9.17, 15) is 4.79 Å². The predicted molar refractivity (Wildman–Crippen MR) is 67.3 cm³/mol. The summed E-state index contributed by atoms with van der Waals surface area (Å²) in [6.07, 6.45) is 4.09. The van der Waals surface area contributed by atoms with Gasteiger partial charge in [-0.15, -0.1) is 0 Å². The summed E-state index contributed by atoms with van der Waals surface area (Å²) in [5.74, 6) is 1.60. The Hall–Kier alpha value is -0.570. The number of carbonyl (C=O) groups is 1. The Morgan fingerprint density at radius 3 is 2.81 bits per heavy atom. The lowest BCUT2D eigenvalue weighted by Gasteiger charge is -2.11. The van der Waals surface area contributed by atoms with Crippen LogP contribution in [0.4, 0.5) is 0 Å². The molecule has 1 saturated heterocycles. The topological polar surface area (TPSA) is 32.3 Å². The van der Waals surface area contributed by atoms with Gasteiger partial charge in [-0.05, 0) is 38.3 Å². The standard InChI is InChI=1S/C13H26N2O/c1-11(2)5-4-6-13(16)14-9-12-7-8-15(3)10-12/h11-12H,4-10H2,1-3H3,(H,14,16). The maximum Gasteiger partial charge on any atom is 0.220 e. The van der Waals surface area contributed by atoms with Gasteiger partial charge in [0.2, 0.25) is 5.91 Å². The molecular formula is C13H26N2O. The van der Waals surface area contributed by atoms with E-state index < -0.39 is 0 Å². The molecule has 0 saturated carbocycles. The minimum absolute atomic E-state index is 0.232. The average Bonchev–Trinajstić information content (AvgIpc) is 2.61. The van der Waals surface area contributed by atoms with Crippen molar-refractivity contribution >= 4 is 5.91 Å². The fourth-order valence-electron chi connectivity index (χ4n) is 2.21. The monoisotopic (exact) mass is 226 g/mol. The van der Waals surface area contributed by atoms with Gasteiger partial charge in [-0.25, -0.2) is 0 Å². The quantitative estimate of drug-likeness (QED) is 0.750. The Bertz CT molecular complexity index is 216. The smallest absolute Gasteiger partial charge is 0.220 e. The summed E-state index contributed by atoms with van der Waals surface area (Å²) >= 11 is 0. The van der Waals surface area contributed by atoms with E-state index in [0.717, 1.165) is 25.9 Å². The van der Waals surface area contributed by atoms with Gasteiger partial charge in [0.1, 0.15) is 0 Å². The van der Waals surface area contributed by atoms with Crippen molar-refractivity contribution in [3.8, 4) is 0 Å². The molecule has 0 aromatic rings. The number of nitrogens with zero attached hydrogens (tertiary/aromatic N) is 1. The van der Waals surface area contributed by atoms with Crippen molar-refractivity contribution in [2.45, 2.75) is 39.5 Å². The van der Waals surface area contributed by atoms with Gasteiger partial charge in [0, 0.05) is 19.5 Å². The number of carbonyl (C=O) groups excluding carboxylic acids is 1. The lowest BCUT2D eigenvalue weighted by Crippen LogP contribution is -2.30. The predicted octanol–water partition coefficient (Wildman–Crippen LogP) is 1.88. The van der Waals surface area contributed by atoms with Crippen LogP contribution in [-0.2, 0) is 4.79 Å². The molecule has 1 unspecified atom stereocenters. The van der Waals surface area contributed by atoms with Gasteiger partial charge < -0.3 is 10.2 Å². The first-order valence-corrected chi connectivity index (χ1v) is 6.53. The van der Waals surface area contributed by atoms with Gasteiger partial charge in [-0.2, -0.15) is 0 Å². The molecule has 3 nitrogen and oxygen atoms in total. The summed E-state index contributed by atoms with van der Waals surface area (Å²) in [7, 11) is 2.14. The van der Waals surface area contributed by atoms with Crippen LogP contribution in [0.1, 0.15) is 39.5 Å². The van der Waals surface area contributed by atoms with Crippen molar-refractivity contribution < 1.29 is 4.79 Å². The lowest BCUT2D eigenvalue weighted by atomic mass is 10.1. The van der Waals surface area contributed by atoms with E-state index in [0.29, 0.717) is 18.3 Å². The van der Waals surface area contributed by atoms with E-state index in [1.165, 1.54) is 13.0 Å². The average molecular weight is 226 g/mol. The minimum Gasteiger partial charge on any atom is -0.356 e. The van der Waals surface area contributed by atoms with Crippen LogP contribution >= 0.6 is 0 Å². The second kappa shape index (κ2) is 6.89. The highest BCUT2D eigenvalue weighted by Gasteiger charge is 2.19. The fourth-order valence-corrected chi connectivity index (χ4v) is 2.21. The van der Waals surface area contributed by atoms with Crippen molar-refractivity contribution in [2.75, 3.05) is 26.7 Å². The normalized spacial score (nSPS) is 21.6. The van der Waals surface area contributed by atoms with Crippen LogP contribution in [0.3, 0.4) is 0 Å². The second-order valence-electron chi connectivity index (χ2n) is 5.51. The van der Waals surface area contributed by atoms with Crippen LogP contribution < -0.4 is 5.32 Å². The van der Waals surface area contributed by atoms with Crippen LogP contribution in [0.5, 0.6) is 0 Å². The first-order chi connectivity index (χ1) is 7.58. The molecule has 1 heterocycles. The first-order valence-electron chi connectivity index (χ1n) is 6.53. The summed E-state index contributed by atoms with van der Waals surface area (Å²) in [6, 6.07) is 0. The Labute approximate surface area is 99.6 Å². The van der Waals surface area contributed by atoms with Crippen molar-refractivity contribution in [3.63, 3.8) is 0 Å². The maximum atomic E-state index is 11.5. The van der Waals surface area contributed by atoms with Gasteiger partial charge in [0.25, 0.3) is 0 Å². The third-order valence-corrected chi connectivity index (χ3v) is 3.26. The van der Waals surface area contributed by atoms with Crippen molar-refractivity contribution in [2.24, 2.45) is 11.8 Å². The van der Waals surface area contributed by atoms with Gasteiger partial charge in [-0.3, -0.25) is 4.79 Å². The van der Waals surface area contributed by atoms with Gasteiger partial charge in [-0.1, -0.05) is 20.3 Å². The lowest BCUT2D eigenvalue weighted by molar-refractivity contribution is -0.121. The van der Waals surface area contributed by atoms with Gasteiger partial charge in [0.05, 0.1) is 0 Å². The molecule has 0 radical (unpaired) electrons. The number of nitrogens with one attached hydrogen (secondary N) is 1. The highest BCUT2D eigenvalue weighted by molar-refractivity contribution is 5.75. The molecule has 0 aromatic carbocycles. The summed E-state index contributed by atoms with van der Waals surface area (Å²) in [5, 5.41) is 3.05. The summed E-state index contributed by atoms with van der Waals surface area (Å²) in [4.78, 5) is 13.9. The molecule has 1 N–H and O–H groups in total. The van der Waals surface area contributed by atoms with Crippen molar-refractivity contribution in [1.29, 1.82) is 0 Å². The highest BCUT2D eigenvalue weighted by atomic mass is 16.1. The molecule has 0 aromatic heterocycles. The molecule has 3 heteroatoms. The van der Waals surface area contributed by atoms with Crippen LogP contribution in [0.15, 0.2) is 0 Å². The van der Waals surface area contributed by atoms with Gasteiger partial charge >= 0.3 is 0 Å². The zero-order chi connectivity index (χ0) is 12.0. The summed E-state index contributed by atoms with van der Waals surface area (Å²) < 4.78 is 0. The number of hydrogen-bond acceptors (Lipinski definition) is 2. The Morgan fingerprint density at radius 2 is 2.25 bits per heavy atom. The zero-order valence-electron chi connectivity index (χ0n) is 11.0. The molecule has 0 aliphatic carbocycles. The fraction of sp³-hybridized carbons (Fsp3) is 0.923. The van der Waals surface area contributed by atoms with Crippen molar-refractivity contribution in [1.82, 2.24) is 10.2 Å². The third kappa shape index (κ3) is 5.50. The SMILES string of the molecule is CC(C)CCCC(=O)NCC1CCN(C)C1. The van der Waals surface area contributed by atoms with E-state index in [2.05, 4.69) is 31.1 Å². The van der Waals surface area contributed by atoms with E-state index in [1.807, 2.05) is 0 Å².